The Bertz CT molecular complexity index is 326. The third-order valence-electron chi connectivity index (χ3n) is 3.00. The van der Waals surface area contributed by atoms with Crippen LogP contribution in [0.2, 0.25) is 0 Å². The van der Waals surface area contributed by atoms with Crippen molar-refractivity contribution in [3.63, 3.8) is 0 Å². The predicted molar refractivity (Wildman–Crippen MR) is 58.1 cm³/mol. The number of rotatable bonds is 3. The summed E-state index contributed by atoms with van der Waals surface area (Å²) >= 11 is 1.63. The van der Waals surface area contributed by atoms with E-state index in [-0.39, 0.29) is 0 Å². The average molecular weight is 226 g/mol. The van der Waals surface area contributed by atoms with Gasteiger partial charge in [-0.05, 0) is 30.7 Å². The molecular formula is C11H14O3S. The minimum Gasteiger partial charge on any atom is -0.481 e. The molecule has 1 aromatic heterocycles. The summed E-state index contributed by atoms with van der Waals surface area (Å²) in [6.07, 6.45) is 1.89. The molecule has 2 heterocycles. The maximum atomic E-state index is 11.4. The van der Waals surface area contributed by atoms with Crippen molar-refractivity contribution in [1.29, 1.82) is 0 Å². The number of carboxylic acids is 1. The van der Waals surface area contributed by atoms with Gasteiger partial charge in [0.15, 0.2) is 0 Å². The summed E-state index contributed by atoms with van der Waals surface area (Å²) in [6, 6.07) is 3.97. The Morgan fingerprint density at radius 3 is 2.80 bits per heavy atom. The fraction of sp³-hybridized carbons (Fsp3) is 0.545. The number of carboxylic acid groups (broad SMARTS) is 1. The Balaban J connectivity index is 2.15. The van der Waals surface area contributed by atoms with Crippen molar-refractivity contribution in [2.24, 2.45) is 5.41 Å². The first-order valence-corrected chi connectivity index (χ1v) is 5.94. The van der Waals surface area contributed by atoms with Crippen LogP contribution < -0.4 is 0 Å². The van der Waals surface area contributed by atoms with Crippen molar-refractivity contribution in [1.82, 2.24) is 0 Å². The molecule has 0 saturated carbocycles. The third-order valence-corrected chi connectivity index (χ3v) is 3.87. The molecule has 0 aromatic carbocycles. The van der Waals surface area contributed by atoms with Crippen LogP contribution in [-0.2, 0) is 16.0 Å². The molecule has 0 radical (unpaired) electrons. The number of ether oxygens (including phenoxy) is 1. The highest BCUT2D eigenvalue weighted by Gasteiger charge is 2.40. The topological polar surface area (TPSA) is 46.5 Å². The van der Waals surface area contributed by atoms with Gasteiger partial charge < -0.3 is 9.84 Å². The van der Waals surface area contributed by atoms with E-state index < -0.39 is 11.4 Å². The molecule has 1 aliphatic rings. The molecule has 1 aromatic rings. The fourth-order valence-electron chi connectivity index (χ4n) is 1.98. The largest absolute Gasteiger partial charge is 0.481 e. The molecule has 2 rings (SSSR count). The molecule has 3 nitrogen and oxygen atoms in total. The van der Waals surface area contributed by atoms with Gasteiger partial charge in [0.05, 0.1) is 5.41 Å². The van der Waals surface area contributed by atoms with E-state index in [1.165, 1.54) is 0 Å². The van der Waals surface area contributed by atoms with Gasteiger partial charge in [-0.25, -0.2) is 0 Å². The second kappa shape index (κ2) is 4.33. The van der Waals surface area contributed by atoms with Crippen LogP contribution in [0.5, 0.6) is 0 Å². The molecule has 1 saturated heterocycles. The zero-order valence-corrected chi connectivity index (χ0v) is 9.26. The lowest BCUT2D eigenvalue weighted by molar-refractivity contribution is -0.154. The molecule has 15 heavy (non-hydrogen) atoms. The van der Waals surface area contributed by atoms with Gasteiger partial charge in [-0.2, -0.15) is 0 Å². The quantitative estimate of drug-likeness (QED) is 0.859. The van der Waals surface area contributed by atoms with Crippen molar-refractivity contribution < 1.29 is 14.6 Å². The molecule has 0 amide bonds. The van der Waals surface area contributed by atoms with Gasteiger partial charge in [-0.15, -0.1) is 11.3 Å². The normalized spacial score (nSPS) is 20.0. The van der Waals surface area contributed by atoms with Crippen molar-refractivity contribution in [2.45, 2.75) is 19.3 Å². The maximum Gasteiger partial charge on any atom is 0.310 e. The van der Waals surface area contributed by atoms with Crippen molar-refractivity contribution in [2.75, 3.05) is 13.2 Å². The van der Waals surface area contributed by atoms with Crippen molar-refractivity contribution in [3.8, 4) is 0 Å². The van der Waals surface area contributed by atoms with Crippen molar-refractivity contribution in [3.05, 3.63) is 22.4 Å². The Morgan fingerprint density at radius 2 is 2.27 bits per heavy atom. The first-order valence-electron chi connectivity index (χ1n) is 5.06. The van der Waals surface area contributed by atoms with Crippen LogP contribution >= 0.6 is 11.3 Å². The lowest BCUT2D eigenvalue weighted by Crippen LogP contribution is -2.38. The molecule has 1 aliphatic heterocycles. The molecule has 82 valence electrons. The Morgan fingerprint density at radius 1 is 1.53 bits per heavy atom. The monoisotopic (exact) mass is 226 g/mol. The predicted octanol–water partition coefficient (Wildman–Crippen LogP) is 2.17. The summed E-state index contributed by atoms with van der Waals surface area (Å²) in [5.74, 6) is -0.681. The van der Waals surface area contributed by atoms with Crippen LogP contribution in [0.15, 0.2) is 17.5 Å². The fourth-order valence-corrected chi connectivity index (χ4v) is 2.82. The number of aliphatic carboxylic acids is 1. The summed E-state index contributed by atoms with van der Waals surface area (Å²) in [5, 5.41) is 11.3. The number of thiophene rings is 1. The van der Waals surface area contributed by atoms with Gasteiger partial charge in [0.2, 0.25) is 0 Å². The SMILES string of the molecule is O=C(O)C1(Cc2cccs2)CCOCC1. The zero-order valence-electron chi connectivity index (χ0n) is 8.44. The van der Waals surface area contributed by atoms with E-state index in [1.54, 1.807) is 11.3 Å². The second-order valence-electron chi connectivity index (χ2n) is 3.95. The highest BCUT2D eigenvalue weighted by molar-refractivity contribution is 7.09. The molecule has 0 aliphatic carbocycles. The van der Waals surface area contributed by atoms with Gasteiger partial charge in [0, 0.05) is 18.1 Å². The van der Waals surface area contributed by atoms with E-state index in [2.05, 4.69) is 0 Å². The molecule has 4 heteroatoms. The first-order chi connectivity index (χ1) is 7.23. The lowest BCUT2D eigenvalue weighted by atomic mass is 9.77. The average Bonchev–Trinajstić information content (AvgIpc) is 2.71. The number of hydrogen-bond acceptors (Lipinski definition) is 3. The number of hydrogen-bond donors (Lipinski definition) is 1. The Hall–Kier alpha value is -0.870. The van der Waals surface area contributed by atoms with E-state index in [4.69, 9.17) is 4.74 Å². The number of carbonyl (C=O) groups is 1. The van der Waals surface area contributed by atoms with Gasteiger partial charge in [-0.3, -0.25) is 4.79 Å². The summed E-state index contributed by atoms with van der Waals surface area (Å²) in [6.45, 7) is 1.13. The second-order valence-corrected chi connectivity index (χ2v) is 4.99. The summed E-state index contributed by atoms with van der Waals surface area (Å²) in [7, 11) is 0. The molecule has 1 N–H and O–H groups in total. The van der Waals surface area contributed by atoms with Crippen LogP contribution in [0.3, 0.4) is 0 Å². The van der Waals surface area contributed by atoms with Gasteiger partial charge in [0.1, 0.15) is 0 Å². The molecule has 0 atom stereocenters. The van der Waals surface area contributed by atoms with Crippen molar-refractivity contribution >= 4 is 17.3 Å². The Kier molecular flexibility index (Phi) is 3.07. The highest BCUT2D eigenvalue weighted by Crippen LogP contribution is 2.35. The molecule has 1 fully saturated rings. The smallest absolute Gasteiger partial charge is 0.310 e. The van der Waals surface area contributed by atoms with Crippen LogP contribution in [-0.4, -0.2) is 24.3 Å². The minimum atomic E-state index is -0.681. The standard InChI is InChI=1S/C11H14O3S/c12-10(13)11(3-5-14-6-4-11)8-9-2-1-7-15-9/h1-2,7H,3-6,8H2,(H,12,13). The van der Waals surface area contributed by atoms with E-state index in [1.807, 2.05) is 17.5 Å². The van der Waals surface area contributed by atoms with E-state index >= 15 is 0 Å². The maximum absolute atomic E-state index is 11.4. The highest BCUT2D eigenvalue weighted by atomic mass is 32.1. The summed E-state index contributed by atoms with van der Waals surface area (Å²) in [4.78, 5) is 12.5. The van der Waals surface area contributed by atoms with Gasteiger partial charge >= 0.3 is 5.97 Å². The first kappa shape index (κ1) is 10.6. The van der Waals surface area contributed by atoms with Gasteiger partial charge in [0.25, 0.3) is 0 Å². The summed E-state index contributed by atoms with van der Waals surface area (Å²) < 4.78 is 5.23. The Labute approximate surface area is 92.7 Å². The van der Waals surface area contributed by atoms with Crippen LogP contribution in [0.1, 0.15) is 17.7 Å². The van der Waals surface area contributed by atoms with E-state index in [9.17, 15) is 9.90 Å². The van der Waals surface area contributed by atoms with Crippen LogP contribution in [0.25, 0.3) is 0 Å². The summed E-state index contributed by atoms with van der Waals surface area (Å²) in [5.41, 5.74) is -0.594. The minimum absolute atomic E-state index is 0.567. The van der Waals surface area contributed by atoms with Crippen LogP contribution in [0.4, 0.5) is 0 Å². The molecule has 0 bridgehead atoms. The lowest BCUT2D eigenvalue weighted by Gasteiger charge is -2.32. The molecular weight excluding hydrogens is 212 g/mol. The third kappa shape index (κ3) is 2.21. The van der Waals surface area contributed by atoms with E-state index in [0.717, 1.165) is 4.88 Å². The van der Waals surface area contributed by atoms with Crippen LogP contribution in [0, 0.1) is 5.41 Å². The molecule has 0 unspecified atom stereocenters. The van der Waals surface area contributed by atoms with Gasteiger partial charge in [-0.1, -0.05) is 6.07 Å². The zero-order chi connectivity index (χ0) is 10.7. The molecule has 0 spiro atoms. The van der Waals surface area contributed by atoms with E-state index in [0.29, 0.717) is 32.5 Å².